The molecule has 3 N–H and O–H groups in total. The van der Waals surface area contributed by atoms with Gasteiger partial charge in [-0.1, -0.05) is 18.2 Å². The van der Waals surface area contributed by atoms with Crippen molar-refractivity contribution >= 4 is 21.6 Å². The van der Waals surface area contributed by atoms with Crippen molar-refractivity contribution in [1.29, 1.82) is 0 Å². The van der Waals surface area contributed by atoms with Gasteiger partial charge in [-0.2, -0.15) is 0 Å². The van der Waals surface area contributed by atoms with Crippen LogP contribution in [0.1, 0.15) is 12.5 Å². The summed E-state index contributed by atoms with van der Waals surface area (Å²) in [6.07, 6.45) is 0. The third-order valence-corrected chi connectivity index (χ3v) is 4.70. The largest absolute Gasteiger partial charge is 0.325 e. The number of hydrogen-bond donors (Lipinski definition) is 2. The van der Waals surface area contributed by atoms with Crippen LogP contribution < -0.4 is 10.5 Å². The molecule has 0 unspecified atom stereocenters. The van der Waals surface area contributed by atoms with Crippen molar-refractivity contribution in [3.63, 3.8) is 0 Å². The van der Waals surface area contributed by atoms with Crippen molar-refractivity contribution in [2.24, 2.45) is 5.14 Å². The number of amides is 1. The lowest BCUT2D eigenvalue weighted by Crippen LogP contribution is -2.39. The minimum atomic E-state index is -3.84. The summed E-state index contributed by atoms with van der Waals surface area (Å²) < 4.78 is 36.0. The summed E-state index contributed by atoms with van der Waals surface area (Å²) in [6, 6.07) is 11.4. The number of primary sulfonamides is 1. The van der Waals surface area contributed by atoms with Crippen LogP contribution in [0.25, 0.3) is 0 Å². The van der Waals surface area contributed by atoms with Gasteiger partial charge in [-0.3, -0.25) is 9.69 Å². The molecular weight excluding hydrogens is 345 g/mol. The predicted octanol–water partition coefficient (Wildman–Crippen LogP) is 1.93. The number of nitrogens with one attached hydrogen (secondary N) is 1. The third kappa shape index (κ3) is 5.35. The van der Waals surface area contributed by atoms with E-state index in [1.807, 2.05) is 0 Å². The number of nitrogens with two attached hydrogens (primary N) is 1. The number of benzene rings is 2. The number of sulfonamides is 1. The van der Waals surface area contributed by atoms with Crippen LogP contribution in [0.4, 0.5) is 10.1 Å². The Hall–Kier alpha value is -2.29. The molecule has 0 fully saturated rings. The Labute approximate surface area is 146 Å². The fourth-order valence-electron chi connectivity index (χ4n) is 2.26. The summed E-state index contributed by atoms with van der Waals surface area (Å²) in [7, 11) is -2.09. The standard InChI is InChI=1S/C17H20FN3O3S/c1-12(21(2)11-13-5-3-6-14(18)9-13)17(22)20-15-7-4-8-16(10-15)25(19,23)24/h3-10,12H,11H2,1-2H3,(H,20,22)(H2,19,23,24)/t12-/m1/s1. The van der Waals surface area contributed by atoms with Gasteiger partial charge in [0.15, 0.2) is 0 Å². The summed E-state index contributed by atoms with van der Waals surface area (Å²) in [5, 5.41) is 7.74. The SMILES string of the molecule is C[C@H](C(=O)Nc1cccc(S(N)(=O)=O)c1)N(C)Cc1cccc(F)c1. The second-order valence-corrected chi connectivity index (χ2v) is 7.34. The molecule has 0 saturated carbocycles. The van der Waals surface area contributed by atoms with Crippen LogP contribution in [0.5, 0.6) is 0 Å². The van der Waals surface area contributed by atoms with Gasteiger partial charge in [-0.05, 0) is 49.9 Å². The minimum absolute atomic E-state index is 0.0777. The van der Waals surface area contributed by atoms with Gasteiger partial charge in [-0.25, -0.2) is 17.9 Å². The highest BCUT2D eigenvalue weighted by Crippen LogP contribution is 2.15. The van der Waals surface area contributed by atoms with Crippen LogP contribution in [0, 0.1) is 5.82 Å². The number of carbonyl (C=O) groups is 1. The van der Waals surface area contributed by atoms with Gasteiger partial charge in [0.1, 0.15) is 5.82 Å². The number of hydrogen-bond acceptors (Lipinski definition) is 4. The number of nitrogens with zero attached hydrogens (tertiary/aromatic N) is 1. The van der Waals surface area contributed by atoms with Crippen molar-refractivity contribution in [3.8, 4) is 0 Å². The Morgan fingerprint density at radius 3 is 2.56 bits per heavy atom. The van der Waals surface area contributed by atoms with E-state index in [0.717, 1.165) is 5.56 Å². The average Bonchev–Trinajstić information content (AvgIpc) is 2.53. The van der Waals surface area contributed by atoms with Crippen LogP contribution in [-0.2, 0) is 21.4 Å². The Balaban J connectivity index is 2.05. The first-order valence-electron chi connectivity index (χ1n) is 7.55. The molecule has 25 heavy (non-hydrogen) atoms. The van der Waals surface area contributed by atoms with Crippen LogP contribution >= 0.6 is 0 Å². The molecule has 2 aromatic carbocycles. The first-order valence-corrected chi connectivity index (χ1v) is 9.10. The molecule has 0 bridgehead atoms. The molecule has 0 aliphatic rings. The van der Waals surface area contributed by atoms with Crippen molar-refractivity contribution < 1.29 is 17.6 Å². The first-order chi connectivity index (χ1) is 11.7. The molecule has 134 valence electrons. The summed E-state index contributed by atoms with van der Waals surface area (Å²) in [5.41, 5.74) is 1.08. The van der Waals surface area contributed by atoms with E-state index in [1.165, 1.54) is 30.3 Å². The molecule has 0 spiro atoms. The van der Waals surface area contributed by atoms with Gasteiger partial charge in [-0.15, -0.1) is 0 Å². The monoisotopic (exact) mass is 365 g/mol. The number of anilines is 1. The topological polar surface area (TPSA) is 92.5 Å². The van der Waals surface area contributed by atoms with E-state index in [9.17, 15) is 17.6 Å². The molecule has 0 aliphatic heterocycles. The van der Waals surface area contributed by atoms with E-state index in [-0.39, 0.29) is 16.6 Å². The van der Waals surface area contributed by atoms with Gasteiger partial charge in [0.05, 0.1) is 10.9 Å². The van der Waals surface area contributed by atoms with Crippen LogP contribution in [0.2, 0.25) is 0 Å². The summed E-state index contributed by atoms with van der Waals surface area (Å²) in [6.45, 7) is 2.10. The van der Waals surface area contributed by atoms with Crippen molar-refractivity contribution in [1.82, 2.24) is 4.90 Å². The van der Waals surface area contributed by atoms with Crippen molar-refractivity contribution in [3.05, 3.63) is 59.9 Å². The molecule has 2 rings (SSSR count). The molecule has 1 amide bonds. The first kappa shape index (κ1) is 19.0. The Morgan fingerprint density at radius 1 is 1.24 bits per heavy atom. The van der Waals surface area contributed by atoms with E-state index in [1.54, 1.807) is 37.1 Å². The Morgan fingerprint density at radius 2 is 1.92 bits per heavy atom. The molecule has 0 saturated heterocycles. The molecule has 6 nitrogen and oxygen atoms in total. The maximum Gasteiger partial charge on any atom is 0.241 e. The maximum absolute atomic E-state index is 13.2. The molecule has 0 heterocycles. The molecule has 0 radical (unpaired) electrons. The normalized spacial score (nSPS) is 12.8. The zero-order chi connectivity index (χ0) is 18.6. The molecule has 0 aliphatic carbocycles. The Bertz CT molecular complexity index is 871. The van der Waals surface area contributed by atoms with Gasteiger partial charge < -0.3 is 5.32 Å². The predicted molar refractivity (Wildman–Crippen MR) is 93.8 cm³/mol. The molecule has 1 atom stereocenters. The molecular formula is C17H20FN3O3S. The lowest BCUT2D eigenvalue weighted by atomic mass is 10.2. The van der Waals surface area contributed by atoms with E-state index in [2.05, 4.69) is 5.32 Å². The second kappa shape index (κ2) is 7.73. The summed E-state index contributed by atoms with van der Waals surface area (Å²) >= 11 is 0. The van der Waals surface area contributed by atoms with Crippen LogP contribution in [0.15, 0.2) is 53.4 Å². The van der Waals surface area contributed by atoms with E-state index >= 15 is 0 Å². The maximum atomic E-state index is 13.2. The highest BCUT2D eigenvalue weighted by atomic mass is 32.2. The van der Waals surface area contributed by atoms with E-state index < -0.39 is 16.1 Å². The lowest BCUT2D eigenvalue weighted by Gasteiger charge is -2.24. The number of carbonyl (C=O) groups excluding carboxylic acids is 1. The van der Waals surface area contributed by atoms with E-state index in [4.69, 9.17) is 5.14 Å². The quantitative estimate of drug-likeness (QED) is 0.818. The summed E-state index contributed by atoms with van der Waals surface area (Å²) in [5.74, 6) is -0.645. The van der Waals surface area contributed by atoms with Crippen molar-refractivity contribution in [2.45, 2.75) is 24.4 Å². The van der Waals surface area contributed by atoms with Crippen LogP contribution in [-0.4, -0.2) is 32.3 Å². The average molecular weight is 365 g/mol. The third-order valence-electron chi connectivity index (χ3n) is 3.79. The van der Waals surface area contributed by atoms with E-state index in [0.29, 0.717) is 12.2 Å². The number of likely N-dealkylation sites (N-methyl/N-ethyl adjacent to an activating group) is 1. The van der Waals surface area contributed by atoms with Crippen molar-refractivity contribution in [2.75, 3.05) is 12.4 Å². The smallest absolute Gasteiger partial charge is 0.241 e. The van der Waals surface area contributed by atoms with Gasteiger partial charge in [0, 0.05) is 12.2 Å². The molecule has 0 aromatic heterocycles. The van der Waals surface area contributed by atoms with Gasteiger partial charge in [0.25, 0.3) is 0 Å². The molecule has 2 aromatic rings. The van der Waals surface area contributed by atoms with Crippen LogP contribution in [0.3, 0.4) is 0 Å². The fourth-order valence-corrected chi connectivity index (χ4v) is 2.82. The minimum Gasteiger partial charge on any atom is -0.325 e. The van der Waals surface area contributed by atoms with Gasteiger partial charge in [0.2, 0.25) is 15.9 Å². The lowest BCUT2D eigenvalue weighted by molar-refractivity contribution is -0.120. The summed E-state index contributed by atoms with van der Waals surface area (Å²) in [4.78, 5) is 14.0. The number of rotatable bonds is 6. The number of halogens is 1. The highest BCUT2D eigenvalue weighted by molar-refractivity contribution is 7.89. The Kier molecular flexibility index (Phi) is 5.89. The second-order valence-electron chi connectivity index (χ2n) is 5.78. The zero-order valence-corrected chi connectivity index (χ0v) is 14.8. The fraction of sp³-hybridized carbons (Fsp3) is 0.235. The zero-order valence-electron chi connectivity index (χ0n) is 13.9. The van der Waals surface area contributed by atoms with Gasteiger partial charge >= 0.3 is 0 Å². The molecule has 8 heteroatoms. The highest BCUT2D eigenvalue weighted by Gasteiger charge is 2.19.